The molecule has 0 fully saturated rings. The molecule has 1 aromatic rings. The van der Waals surface area contributed by atoms with Crippen molar-refractivity contribution in [2.45, 2.75) is 52.6 Å². The molecule has 1 rings (SSSR count). The number of hydrogen-bond acceptors (Lipinski definition) is 3. The third-order valence-corrected chi connectivity index (χ3v) is 2.51. The monoisotopic (exact) mass is 236 g/mol. The normalized spacial score (nSPS) is 10.8. The number of aromatic nitrogens is 1. The highest BCUT2D eigenvalue weighted by molar-refractivity contribution is 5.17. The van der Waals surface area contributed by atoms with Gasteiger partial charge in [-0.2, -0.15) is 0 Å². The van der Waals surface area contributed by atoms with Crippen molar-refractivity contribution in [3.05, 3.63) is 23.9 Å². The van der Waals surface area contributed by atoms with Crippen LogP contribution in [0.2, 0.25) is 0 Å². The summed E-state index contributed by atoms with van der Waals surface area (Å²) < 4.78 is 5.56. The Kier molecular flexibility index (Phi) is 6.63. The van der Waals surface area contributed by atoms with E-state index in [4.69, 9.17) is 4.74 Å². The molecule has 0 aromatic carbocycles. The average molecular weight is 236 g/mol. The number of nitrogens with zero attached hydrogens (tertiary/aromatic N) is 1. The Balaban J connectivity index is 2.29. The van der Waals surface area contributed by atoms with Crippen molar-refractivity contribution in [2.75, 3.05) is 6.61 Å². The minimum atomic E-state index is 0.500. The van der Waals surface area contributed by atoms with Gasteiger partial charge in [0.2, 0.25) is 5.88 Å². The summed E-state index contributed by atoms with van der Waals surface area (Å²) in [7, 11) is 0. The van der Waals surface area contributed by atoms with Crippen molar-refractivity contribution in [1.82, 2.24) is 10.3 Å². The molecule has 0 aliphatic rings. The van der Waals surface area contributed by atoms with E-state index in [-0.39, 0.29) is 0 Å². The Morgan fingerprint density at radius 2 is 2.12 bits per heavy atom. The lowest BCUT2D eigenvalue weighted by Gasteiger charge is -2.08. The Morgan fingerprint density at radius 1 is 1.29 bits per heavy atom. The summed E-state index contributed by atoms with van der Waals surface area (Å²) in [6.45, 7) is 8.09. The van der Waals surface area contributed by atoms with Crippen LogP contribution in [-0.2, 0) is 6.54 Å². The Morgan fingerprint density at radius 3 is 2.71 bits per heavy atom. The van der Waals surface area contributed by atoms with Crippen molar-refractivity contribution >= 4 is 0 Å². The van der Waals surface area contributed by atoms with Gasteiger partial charge in [-0.25, -0.2) is 4.98 Å². The molecule has 0 aliphatic heterocycles. The molecule has 1 N–H and O–H groups in total. The number of nitrogens with one attached hydrogen (secondary N) is 1. The zero-order valence-corrected chi connectivity index (χ0v) is 11.2. The molecule has 0 saturated carbocycles. The van der Waals surface area contributed by atoms with Gasteiger partial charge in [-0.3, -0.25) is 0 Å². The van der Waals surface area contributed by atoms with Gasteiger partial charge in [0.05, 0.1) is 6.61 Å². The fraction of sp³-hybridized carbons (Fsp3) is 0.643. The molecule has 3 nitrogen and oxygen atoms in total. The first-order valence-corrected chi connectivity index (χ1v) is 6.53. The molecule has 3 heteroatoms. The van der Waals surface area contributed by atoms with E-state index in [9.17, 15) is 0 Å². The van der Waals surface area contributed by atoms with Crippen LogP contribution >= 0.6 is 0 Å². The summed E-state index contributed by atoms with van der Waals surface area (Å²) in [5.41, 5.74) is 1.19. The van der Waals surface area contributed by atoms with E-state index in [1.54, 1.807) is 0 Å². The maximum absolute atomic E-state index is 5.56. The third kappa shape index (κ3) is 6.27. The van der Waals surface area contributed by atoms with Crippen LogP contribution in [-0.4, -0.2) is 17.6 Å². The lowest BCUT2D eigenvalue weighted by atomic mass is 10.2. The molecule has 0 radical (unpaired) electrons. The maximum atomic E-state index is 5.56. The number of ether oxygens (including phenoxy) is 1. The molecule has 0 amide bonds. The van der Waals surface area contributed by atoms with E-state index in [0.717, 1.165) is 25.5 Å². The summed E-state index contributed by atoms with van der Waals surface area (Å²) in [4.78, 5) is 4.29. The van der Waals surface area contributed by atoms with Crippen molar-refractivity contribution < 1.29 is 4.74 Å². The predicted octanol–water partition coefficient (Wildman–Crippen LogP) is 3.15. The van der Waals surface area contributed by atoms with Gasteiger partial charge in [-0.15, -0.1) is 0 Å². The molecule has 0 aliphatic carbocycles. The van der Waals surface area contributed by atoms with E-state index in [2.05, 4.69) is 37.1 Å². The second kappa shape index (κ2) is 8.07. The van der Waals surface area contributed by atoms with Crippen LogP contribution < -0.4 is 10.1 Å². The van der Waals surface area contributed by atoms with E-state index >= 15 is 0 Å². The van der Waals surface area contributed by atoms with Crippen LogP contribution in [0.5, 0.6) is 5.88 Å². The summed E-state index contributed by atoms with van der Waals surface area (Å²) in [5.74, 6) is 0.731. The van der Waals surface area contributed by atoms with E-state index in [0.29, 0.717) is 6.04 Å². The van der Waals surface area contributed by atoms with Gasteiger partial charge in [0.1, 0.15) is 0 Å². The van der Waals surface area contributed by atoms with E-state index < -0.39 is 0 Å². The molecular formula is C14H24N2O. The molecule has 1 heterocycles. The van der Waals surface area contributed by atoms with E-state index in [1.165, 1.54) is 18.4 Å². The zero-order chi connectivity index (χ0) is 12.5. The molecule has 17 heavy (non-hydrogen) atoms. The van der Waals surface area contributed by atoms with Gasteiger partial charge in [-0.1, -0.05) is 39.7 Å². The SMILES string of the molecule is CCCCCOc1ccc(CNC(C)C)cn1. The maximum Gasteiger partial charge on any atom is 0.213 e. The molecule has 0 atom stereocenters. The summed E-state index contributed by atoms with van der Waals surface area (Å²) in [6.07, 6.45) is 5.42. The van der Waals surface area contributed by atoms with E-state index in [1.807, 2.05) is 12.3 Å². The van der Waals surface area contributed by atoms with Crippen molar-refractivity contribution in [1.29, 1.82) is 0 Å². The van der Waals surface area contributed by atoms with Crippen LogP contribution in [0, 0.1) is 0 Å². The first-order chi connectivity index (χ1) is 8.22. The van der Waals surface area contributed by atoms with Gasteiger partial charge >= 0.3 is 0 Å². The lowest BCUT2D eigenvalue weighted by Crippen LogP contribution is -2.21. The van der Waals surface area contributed by atoms with Crippen LogP contribution in [0.3, 0.4) is 0 Å². The number of hydrogen-bond donors (Lipinski definition) is 1. The first kappa shape index (κ1) is 14.0. The van der Waals surface area contributed by atoms with Crippen molar-refractivity contribution in [3.8, 4) is 5.88 Å². The Bertz CT molecular complexity index is 296. The van der Waals surface area contributed by atoms with Gasteiger partial charge < -0.3 is 10.1 Å². The molecule has 0 bridgehead atoms. The summed E-state index contributed by atoms with van der Waals surface area (Å²) >= 11 is 0. The summed E-state index contributed by atoms with van der Waals surface area (Å²) in [6, 6.07) is 4.51. The minimum Gasteiger partial charge on any atom is -0.478 e. The molecule has 96 valence electrons. The van der Waals surface area contributed by atoms with Crippen LogP contribution in [0.25, 0.3) is 0 Å². The highest BCUT2D eigenvalue weighted by Gasteiger charge is 1.98. The smallest absolute Gasteiger partial charge is 0.213 e. The molecular weight excluding hydrogens is 212 g/mol. The topological polar surface area (TPSA) is 34.1 Å². The molecule has 0 saturated heterocycles. The van der Waals surface area contributed by atoms with Crippen LogP contribution in [0.1, 0.15) is 45.6 Å². The van der Waals surface area contributed by atoms with Gasteiger partial charge in [0.25, 0.3) is 0 Å². The molecule has 0 unspecified atom stereocenters. The fourth-order valence-electron chi connectivity index (χ4n) is 1.45. The average Bonchev–Trinajstić information content (AvgIpc) is 2.33. The number of pyridine rings is 1. The Hall–Kier alpha value is -1.09. The molecule has 0 spiro atoms. The van der Waals surface area contributed by atoms with Gasteiger partial charge in [0, 0.05) is 24.8 Å². The zero-order valence-electron chi connectivity index (χ0n) is 11.2. The van der Waals surface area contributed by atoms with Crippen LogP contribution in [0.15, 0.2) is 18.3 Å². The predicted molar refractivity (Wildman–Crippen MR) is 71.2 cm³/mol. The lowest BCUT2D eigenvalue weighted by molar-refractivity contribution is 0.295. The molecule has 1 aromatic heterocycles. The number of unbranched alkanes of at least 4 members (excludes halogenated alkanes) is 2. The second-order valence-corrected chi connectivity index (χ2v) is 4.60. The van der Waals surface area contributed by atoms with Gasteiger partial charge in [-0.05, 0) is 12.0 Å². The highest BCUT2D eigenvalue weighted by atomic mass is 16.5. The van der Waals surface area contributed by atoms with Crippen LogP contribution in [0.4, 0.5) is 0 Å². The standard InChI is InChI=1S/C14H24N2O/c1-4-5-6-9-17-14-8-7-13(11-16-14)10-15-12(2)3/h7-8,11-12,15H,4-6,9-10H2,1-3H3. The minimum absolute atomic E-state index is 0.500. The Labute approximate surface area is 105 Å². The second-order valence-electron chi connectivity index (χ2n) is 4.60. The number of rotatable bonds is 8. The highest BCUT2D eigenvalue weighted by Crippen LogP contribution is 2.08. The largest absolute Gasteiger partial charge is 0.478 e. The third-order valence-electron chi connectivity index (χ3n) is 2.51. The van der Waals surface area contributed by atoms with Gasteiger partial charge in [0.15, 0.2) is 0 Å². The van der Waals surface area contributed by atoms with Crippen molar-refractivity contribution in [2.24, 2.45) is 0 Å². The van der Waals surface area contributed by atoms with Crippen molar-refractivity contribution in [3.63, 3.8) is 0 Å². The quantitative estimate of drug-likeness (QED) is 0.704. The fourth-order valence-corrected chi connectivity index (χ4v) is 1.45. The first-order valence-electron chi connectivity index (χ1n) is 6.53. The summed E-state index contributed by atoms with van der Waals surface area (Å²) in [5, 5.41) is 3.36.